The fourth-order valence-corrected chi connectivity index (χ4v) is 5.27. The van der Waals surface area contributed by atoms with Gasteiger partial charge < -0.3 is 34.1 Å². The fourth-order valence-electron chi connectivity index (χ4n) is 5.27. The Hall–Kier alpha value is -3.42. The van der Waals surface area contributed by atoms with Crippen LogP contribution < -0.4 is 10.7 Å². The molecule has 2 bridgehead atoms. The summed E-state index contributed by atoms with van der Waals surface area (Å²) in [7, 11) is 0. The molecule has 13 heteroatoms. The van der Waals surface area contributed by atoms with Crippen molar-refractivity contribution in [3.63, 3.8) is 0 Å². The highest BCUT2D eigenvalue weighted by atomic mass is 19.1. The first-order valence-electron chi connectivity index (χ1n) is 12.2. The number of benzene rings is 1. The van der Waals surface area contributed by atoms with Crippen molar-refractivity contribution in [2.24, 2.45) is 0 Å². The number of hydrogen-bond donors (Lipinski definition) is 2. The Morgan fingerprint density at radius 1 is 1.26 bits per heavy atom. The lowest BCUT2D eigenvalue weighted by Crippen LogP contribution is -2.52. The summed E-state index contributed by atoms with van der Waals surface area (Å²) in [5.74, 6) is -7.42. The van der Waals surface area contributed by atoms with Crippen molar-refractivity contribution in [1.29, 1.82) is 0 Å². The van der Waals surface area contributed by atoms with E-state index in [4.69, 9.17) is 14.2 Å². The SMILES string of the molecule is CCO[C@H]1CO[C@]2(CC[C@H](C)N3C[C@H]2n2cc(C(=O)NCc4c(F)cc(F)cc4F)c(=O)c(O)c2C3=O)O1. The van der Waals surface area contributed by atoms with Crippen LogP contribution in [0.1, 0.15) is 59.1 Å². The van der Waals surface area contributed by atoms with Crippen LogP contribution in [0.25, 0.3) is 0 Å². The molecule has 4 atom stereocenters. The normalized spacial score (nSPS) is 26.4. The van der Waals surface area contributed by atoms with E-state index in [-0.39, 0.29) is 24.9 Å². The van der Waals surface area contributed by atoms with Gasteiger partial charge >= 0.3 is 0 Å². The van der Waals surface area contributed by atoms with Crippen molar-refractivity contribution in [2.75, 3.05) is 19.8 Å². The number of ether oxygens (including phenoxy) is 3. The highest BCUT2D eigenvalue weighted by Crippen LogP contribution is 2.45. The highest BCUT2D eigenvalue weighted by Gasteiger charge is 2.55. The van der Waals surface area contributed by atoms with Gasteiger partial charge in [0.2, 0.25) is 5.43 Å². The van der Waals surface area contributed by atoms with E-state index in [2.05, 4.69) is 5.32 Å². The van der Waals surface area contributed by atoms with Crippen LogP contribution in [-0.2, 0) is 20.8 Å². The number of amides is 2. The smallest absolute Gasteiger partial charge is 0.274 e. The molecule has 2 saturated heterocycles. The van der Waals surface area contributed by atoms with Gasteiger partial charge in [-0.25, -0.2) is 13.2 Å². The lowest BCUT2D eigenvalue weighted by atomic mass is 9.99. The molecule has 1 aromatic carbocycles. The number of hydrogen-bond acceptors (Lipinski definition) is 7. The predicted octanol–water partition coefficient (Wildman–Crippen LogP) is 2.19. The zero-order valence-electron chi connectivity index (χ0n) is 20.6. The molecule has 3 aliphatic rings. The van der Waals surface area contributed by atoms with Crippen LogP contribution in [0.2, 0.25) is 0 Å². The van der Waals surface area contributed by atoms with Crippen LogP contribution in [0.3, 0.4) is 0 Å². The van der Waals surface area contributed by atoms with E-state index in [0.717, 1.165) is 6.20 Å². The molecule has 0 aliphatic carbocycles. The van der Waals surface area contributed by atoms with Gasteiger partial charge in [0.25, 0.3) is 11.8 Å². The molecule has 204 valence electrons. The lowest BCUT2D eigenvalue weighted by Gasteiger charge is -2.42. The largest absolute Gasteiger partial charge is 0.503 e. The van der Waals surface area contributed by atoms with Crippen LogP contribution in [0.4, 0.5) is 13.2 Å². The van der Waals surface area contributed by atoms with E-state index >= 15 is 0 Å². The van der Waals surface area contributed by atoms with Crippen molar-refractivity contribution >= 4 is 11.8 Å². The third-order valence-corrected chi connectivity index (χ3v) is 7.25. The van der Waals surface area contributed by atoms with Gasteiger partial charge in [-0.1, -0.05) is 0 Å². The molecule has 2 amide bonds. The van der Waals surface area contributed by atoms with Crippen LogP contribution in [0.15, 0.2) is 23.1 Å². The number of fused-ring (bicyclic) bond motifs is 5. The van der Waals surface area contributed by atoms with Gasteiger partial charge in [-0.2, -0.15) is 0 Å². The van der Waals surface area contributed by atoms with Gasteiger partial charge in [0.1, 0.15) is 35.7 Å². The van der Waals surface area contributed by atoms with Gasteiger partial charge in [-0.15, -0.1) is 0 Å². The van der Waals surface area contributed by atoms with Crippen molar-refractivity contribution in [2.45, 2.75) is 57.4 Å². The van der Waals surface area contributed by atoms with E-state index < -0.39 is 76.2 Å². The molecule has 38 heavy (non-hydrogen) atoms. The molecular weight excluding hydrogens is 511 g/mol. The van der Waals surface area contributed by atoms with Crippen molar-refractivity contribution in [3.05, 3.63) is 62.8 Å². The van der Waals surface area contributed by atoms with Crippen LogP contribution in [0, 0.1) is 17.5 Å². The number of pyridine rings is 1. The van der Waals surface area contributed by atoms with E-state index in [1.54, 1.807) is 6.92 Å². The minimum atomic E-state index is -1.27. The summed E-state index contributed by atoms with van der Waals surface area (Å²) in [4.78, 5) is 40.8. The summed E-state index contributed by atoms with van der Waals surface area (Å²) < 4.78 is 60.4. The van der Waals surface area contributed by atoms with E-state index in [9.17, 15) is 32.7 Å². The van der Waals surface area contributed by atoms with Gasteiger partial charge in [-0.3, -0.25) is 14.4 Å². The second-order valence-electron chi connectivity index (χ2n) is 9.49. The molecule has 2 aromatic rings. The summed E-state index contributed by atoms with van der Waals surface area (Å²) in [6, 6.07) is -0.0823. The standard InChI is InChI=1S/C25H26F3N3O7/c1-3-36-19-11-37-25(38-19)5-4-12(2)30-10-18(25)31-9-15(21(32)22(33)20(31)24(30)35)23(34)29-8-14-16(27)6-13(26)7-17(14)28/h6-7,9,12,18-19,33H,3-5,8,10-11H2,1-2H3,(H,29,34)/t12-,18+,19+,25+/m0/s1. The number of aromatic hydroxyl groups is 1. The maximum absolute atomic E-state index is 14.0. The second kappa shape index (κ2) is 9.71. The topological polar surface area (TPSA) is 119 Å². The molecule has 1 aromatic heterocycles. The van der Waals surface area contributed by atoms with Crippen LogP contribution in [0.5, 0.6) is 5.75 Å². The highest BCUT2D eigenvalue weighted by molar-refractivity contribution is 5.99. The van der Waals surface area contributed by atoms with E-state index in [0.29, 0.717) is 31.6 Å². The van der Waals surface area contributed by atoms with Crippen molar-refractivity contribution in [3.8, 4) is 5.75 Å². The number of halogens is 3. The Bertz CT molecular complexity index is 1340. The average molecular weight is 537 g/mol. The summed E-state index contributed by atoms with van der Waals surface area (Å²) in [6.45, 7) is 3.55. The van der Waals surface area contributed by atoms with Crippen molar-refractivity contribution < 1.29 is 42.1 Å². The van der Waals surface area contributed by atoms with Gasteiger partial charge in [0.05, 0.1) is 0 Å². The summed E-state index contributed by atoms with van der Waals surface area (Å²) >= 11 is 0. The molecule has 4 heterocycles. The molecule has 3 aliphatic heterocycles. The molecular formula is C25H26F3N3O7. The third-order valence-electron chi connectivity index (χ3n) is 7.25. The Morgan fingerprint density at radius 2 is 1.97 bits per heavy atom. The second-order valence-corrected chi connectivity index (χ2v) is 9.49. The first-order chi connectivity index (χ1) is 18.1. The first-order valence-corrected chi connectivity index (χ1v) is 12.2. The third kappa shape index (κ3) is 4.24. The van der Waals surface area contributed by atoms with Gasteiger partial charge in [-0.05, 0) is 20.3 Å². The molecule has 1 spiro atoms. The lowest BCUT2D eigenvalue weighted by molar-refractivity contribution is -0.235. The number of nitrogens with zero attached hydrogens (tertiary/aromatic N) is 2. The summed E-state index contributed by atoms with van der Waals surface area (Å²) in [5, 5.41) is 13.0. The number of nitrogens with one attached hydrogen (secondary N) is 1. The molecule has 2 N–H and O–H groups in total. The summed E-state index contributed by atoms with van der Waals surface area (Å²) in [6.07, 6.45) is 1.31. The minimum absolute atomic E-state index is 0.112. The monoisotopic (exact) mass is 537 g/mol. The number of carbonyl (C=O) groups excluding carboxylic acids is 2. The maximum atomic E-state index is 14.0. The molecule has 5 rings (SSSR count). The number of rotatable bonds is 5. The average Bonchev–Trinajstić information content (AvgIpc) is 3.22. The first kappa shape index (κ1) is 26.2. The molecule has 0 radical (unpaired) electrons. The number of carbonyl (C=O) groups is 2. The zero-order valence-corrected chi connectivity index (χ0v) is 20.6. The van der Waals surface area contributed by atoms with Gasteiger partial charge in [0.15, 0.2) is 23.5 Å². The number of aromatic nitrogens is 1. The van der Waals surface area contributed by atoms with E-state index in [1.165, 1.54) is 9.47 Å². The Balaban J connectivity index is 1.53. The summed E-state index contributed by atoms with van der Waals surface area (Å²) in [5.41, 5.74) is -2.63. The Morgan fingerprint density at radius 3 is 2.66 bits per heavy atom. The zero-order chi connectivity index (χ0) is 27.4. The Labute approximate surface area is 214 Å². The quantitative estimate of drug-likeness (QED) is 0.600. The fraction of sp³-hybridized carbons (Fsp3) is 0.480. The Kier molecular flexibility index (Phi) is 6.70. The minimum Gasteiger partial charge on any atom is -0.503 e. The van der Waals surface area contributed by atoms with Gasteiger partial charge in [0, 0.05) is 56.1 Å². The predicted molar refractivity (Wildman–Crippen MR) is 124 cm³/mol. The van der Waals surface area contributed by atoms with Crippen LogP contribution >= 0.6 is 0 Å². The molecule has 2 fully saturated rings. The van der Waals surface area contributed by atoms with E-state index in [1.807, 2.05) is 6.92 Å². The molecule has 10 nitrogen and oxygen atoms in total. The molecule has 0 saturated carbocycles. The molecule has 0 unspecified atom stereocenters. The van der Waals surface area contributed by atoms with Crippen LogP contribution in [-0.4, -0.2) is 64.3 Å². The maximum Gasteiger partial charge on any atom is 0.274 e. The van der Waals surface area contributed by atoms with Crippen molar-refractivity contribution in [1.82, 2.24) is 14.8 Å².